The van der Waals surface area contributed by atoms with Crippen LogP contribution in [0.3, 0.4) is 0 Å². The number of ether oxygens (including phenoxy) is 1. The van der Waals surface area contributed by atoms with Crippen LogP contribution in [-0.2, 0) is 21.2 Å². The Labute approximate surface area is 192 Å². The summed E-state index contributed by atoms with van der Waals surface area (Å²) in [7, 11) is -3.45. The number of sulfonamides is 1. The molecular weight excluding hydrogens is 444 g/mol. The van der Waals surface area contributed by atoms with Gasteiger partial charge in [-0.1, -0.05) is 36.2 Å². The number of hydrogen-bond acceptors (Lipinski definition) is 6. The van der Waals surface area contributed by atoms with Crippen molar-refractivity contribution in [3.63, 3.8) is 0 Å². The molecule has 0 atom stereocenters. The maximum atomic E-state index is 12.8. The largest absolute Gasteiger partial charge is 0.486 e. The number of carbonyl (C=O) groups excluding carboxylic acids is 1. The summed E-state index contributed by atoms with van der Waals surface area (Å²) < 4.78 is 32.7. The highest BCUT2D eigenvalue weighted by Crippen LogP contribution is 2.26. The highest BCUT2D eigenvalue weighted by atomic mass is 32.2. The highest BCUT2D eigenvalue weighted by molar-refractivity contribution is 7.89. The Hall–Kier alpha value is -2.55. The van der Waals surface area contributed by atoms with Crippen LogP contribution >= 0.6 is 11.3 Å². The summed E-state index contributed by atoms with van der Waals surface area (Å²) in [5, 5.41) is 2.60. The second-order valence-corrected chi connectivity index (χ2v) is 10.8. The van der Waals surface area contributed by atoms with Gasteiger partial charge in [-0.2, -0.15) is 4.31 Å². The Balaban J connectivity index is 1.36. The third-order valence-corrected chi connectivity index (χ3v) is 8.19. The zero-order valence-electron chi connectivity index (χ0n) is 18.0. The van der Waals surface area contributed by atoms with Gasteiger partial charge in [-0.15, -0.1) is 11.3 Å². The Bertz CT molecular complexity index is 1160. The van der Waals surface area contributed by atoms with Crippen LogP contribution in [0.25, 0.3) is 11.3 Å². The number of nitrogens with zero attached hydrogens (tertiary/aromatic N) is 2. The van der Waals surface area contributed by atoms with Crippen molar-refractivity contribution in [2.75, 3.05) is 19.7 Å². The van der Waals surface area contributed by atoms with Crippen LogP contribution in [0.15, 0.2) is 58.8 Å². The average molecular weight is 471 g/mol. The van der Waals surface area contributed by atoms with Crippen molar-refractivity contribution in [3.05, 3.63) is 64.5 Å². The fraction of sp³-hybridized carbons (Fsp3) is 0.333. The van der Waals surface area contributed by atoms with Gasteiger partial charge in [-0.05, 0) is 44.0 Å². The first-order valence-electron chi connectivity index (χ1n) is 10.7. The van der Waals surface area contributed by atoms with Gasteiger partial charge in [0.15, 0.2) is 5.78 Å². The monoisotopic (exact) mass is 470 g/mol. The van der Waals surface area contributed by atoms with Gasteiger partial charge in [0.05, 0.1) is 17.0 Å². The lowest BCUT2D eigenvalue weighted by atomic mass is 10.2. The van der Waals surface area contributed by atoms with Crippen molar-refractivity contribution in [1.29, 1.82) is 0 Å². The minimum Gasteiger partial charge on any atom is -0.486 e. The van der Waals surface area contributed by atoms with Crippen molar-refractivity contribution in [3.8, 4) is 17.0 Å². The predicted octanol–water partition coefficient (Wildman–Crippen LogP) is 4.48. The number of carbonyl (C=O) groups is 1. The van der Waals surface area contributed by atoms with Crippen LogP contribution < -0.4 is 4.74 Å². The second-order valence-electron chi connectivity index (χ2n) is 7.93. The van der Waals surface area contributed by atoms with Crippen LogP contribution in [0.2, 0.25) is 0 Å². The number of thiazole rings is 1. The van der Waals surface area contributed by atoms with Crippen molar-refractivity contribution in [2.45, 2.75) is 37.5 Å². The van der Waals surface area contributed by atoms with Gasteiger partial charge < -0.3 is 4.74 Å². The van der Waals surface area contributed by atoms with E-state index < -0.39 is 10.0 Å². The molecule has 2 aromatic carbocycles. The van der Waals surface area contributed by atoms with Crippen LogP contribution in [0.1, 0.15) is 29.8 Å². The number of hydrogen-bond donors (Lipinski definition) is 0. The summed E-state index contributed by atoms with van der Waals surface area (Å²) in [5.74, 6) is 0.623. The van der Waals surface area contributed by atoms with E-state index in [1.807, 2.05) is 36.6 Å². The van der Waals surface area contributed by atoms with Gasteiger partial charge in [0, 0.05) is 24.0 Å². The first-order valence-corrected chi connectivity index (χ1v) is 13.0. The molecule has 0 saturated carbocycles. The minimum absolute atomic E-state index is 0.00102. The molecule has 1 aliphatic heterocycles. The van der Waals surface area contributed by atoms with Gasteiger partial charge in [0.2, 0.25) is 10.0 Å². The highest BCUT2D eigenvalue weighted by Gasteiger charge is 2.25. The number of benzene rings is 2. The number of rotatable bonds is 8. The molecule has 0 aliphatic carbocycles. The minimum atomic E-state index is -3.45. The first-order chi connectivity index (χ1) is 15.4. The number of ketones is 1. The van der Waals surface area contributed by atoms with E-state index in [4.69, 9.17) is 4.74 Å². The number of piperidine rings is 1. The van der Waals surface area contributed by atoms with E-state index in [9.17, 15) is 13.2 Å². The van der Waals surface area contributed by atoms with Gasteiger partial charge >= 0.3 is 0 Å². The molecule has 4 rings (SSSR count). The normalized spacial score (nSPS) is 14.9. The number of Topliss-reactive ketones (excluding diaryl/α,β-unsaturated/α-hetero) is 1. The molecule has 8 heteroatoms. The molecule has 1 aromatic heterocycles. The summed E-state index contributed by atoms with van der Waals surface area (Å²) in [4.78, 5) is 17.1. The lowest BCUT2D eigenvalue weighted by Gasteiger charge is -2.25. The Kier molecular flexibility index (Phi) is 7.03. The predicted molar refractivity (Wildman–Crippen MR) is 126 cm³/mol. The molecule has 32 heavy (non-hydrogen) atoms. The molecule has 2 heterocycles. The lowest BCUT2D eigenvalue weighted by Crippen LogP contribution is -2.35. The molecule has 0 radical (unpaired) electrons. The molecule has 3 aromatic rings. The molecule has 1 fully saturated rings. The summed E-state index contributed by atoms with van der Waals surface area (Å²) >= 11 is 1.41. The number of aryl methyl sites for hydroxylation is 1. The standard InChI is InChI=1S/C24H26N2O4S2/c1-18-5-9-21(10-6-18)30-16-20(27)15-24-25-23(17-31-24)19-7-11-22(12-8-19)32(28,29)26-13-3-2-4-14-26/h5-12,17H,2-4,13-16H2,1H3. The lowest BCUT2D eigenvalue weighted by molar-refractivity contribution is -0.120. The summed E-state index contributed by atoms with van der Waals surface area (Å²) in [6.45, 7) is 3.17. The molecule has 1 aliphatic rings. The van der Waals surface area contributed by atoms with Gasteiger partial charge in [-0.25, -0.2) is 13.4 Å². The second kappa shape index (κ2) is 9.94. The third kappa shape index (κ3) is 5.43. The quantitative estimate of drug-likeness (QED) is 0.485. The van der Waals surface area contributed by atoms with E-state index >= 15 is 0 Å². The maximum absolute atomic E-state index is 12.8. The first kappa shape index (κ1) is 22.6. The van der Waals surface area contributed by atoms with Crippen LogP contribution in [0.5, 0.6) is 5.75 Å². The smallest absolute Gasteiger partial charge is 0.243 e. The Morgan fingerprint density at radius 2 is 1.72 bits per heavy atom. The summed E-state index contributed by atoms with van der Waals surface area (Å²) in [6, 6.07) is 14.4. The Morgan fingerprint density at radius 1 is 1.03 bits per heavy atom. The fourth-order valence-corrected chi connectivity index (χ4v) is 5.94. The van der Waals surface area contributed by atoms with E-state index in [0.717, 1.165) is 36.1 Å². The molecule has 0 N–H and O–H groups in total. The van der Waals surface area contributed by atoms with Crippen molar-refractivity contribution < 1.29 is 17.9 Å². The van der Waals surface area contributed by atoms with Crippen molar-refractivity contribution in [2.24, 2.45) is 0 Å². The SMILES string of the molecule is Cc1ccc(OCC(=O)Cc2nc(-c3ccc(S(=O)(=O)N4CCCCC4)cc3)cs2)cc1. The van der Waals surface area contributed by atoms with E-state index in [1.54, 1.807) is 28.6 Å². The third-order valence-electron chi connectivity index (χ3n) is 5.42. The Morgan fingerprint density at radius 3 is 2.41 bits per heavy atom. The molecule has 0 amide bonds. The van der Waals surface area contributed by atoms with Gasteiger partial charge in [0.25, 0.3) is 0 Å². The van der Waals surface area contributed by atoms with Crippen LogP contribution in [0, 0.1) is 6.92 Å². The van der Waals surface area contributed by atoms with E-state index in [2.05, 4.69) is 4.98 Å². The molecule has 0 unspecified atom stereocenters. The maximum Gasteiger partial charge on any atom is 0.243 e. The molecule has 0 spiro atoms. The van der Waals surface area contributed by atoms with E-state index in [1.165, 1.54) is 11.3 Å². The number of aromatic nitrogens is 1. The topological polar surface area (TPSA) is 76.6 Å². The molecule has 6 nitrogen and oxygen atoms in total. The molecular formula is C24H26N2O4S2. The van der Waals surface area contributed by atoms with Crippen LogP contribution in [-0.4, -0.2) is 43.2 Å². The summed E-state index contributed by atoms with van der Waals surface area (Å²) in [5.41, 5.74) is 2.70. The zero-order valence-corrected chi connectivity index (χ0v) is 19.6. The summed E-state index contributed by atoms with van der Waals surface area (Å²) in [6.07, 6.45) is 3.11. The van der Waals surface area contributed by atoms with E-state index in [-0.39, 0.29) is 18.8 Å². The average Bonchev–Trinajstić information content (AvgIpc) is 3.28. The van der Waals surface area contributed by atoms with Crippen LogP contribution in [0.4, 0.5) is 0 Å². The molecule has 1 saturated heterocycles. The fourth-order valence-electron chi connectivity index (χ4n) is 3.59. The van der Waals surface area contributed by atoms with Crippen molar-refractivity contribution >= 4 is 27.1 Å². The van der Waals surface area contributed by atoms with Crippen molar-refractivity contribution in [1.82, 2.24) is 9.29 Å². The van der Waals surface area contributed by atoms with Gasteiger partial charge in [0.1, 0.15) is 17.4 Å². The molecule has 168 valence electrons. The zero-order chi connectivity index (χ0) is 22.6. The van der Waals surface area contributed by atoms with Gasteiger partial charge in [-0.3, -0.25) is 4.79 Å². The van der Waals surface area contributed by atoms with E-state index in [0.29, 0.717) is 28.7 Å². The molecule has 0 bridgehead atoms.